The molecule has 2 heteroatoms. The van der Waals surface area contributed by atoms with Crippen molar-refractivity contribution in [3.8, 4) is 0 Å². The molecule has 2 unspecified atom stereocenters. The molecule has 1 heterocycles. The lowest BCUT2D eigenvalue weighted by Crippen LogP contribution is -2.43. The molecule has 94 valence electrons. The van der Waals surface area contributed by atoms with Gasteiger partial charge >= 0.3 is 0 Å². The minimum Gasteiger partial charge on any atom is -0.312 e. The topological polar surface area (TPSA) is 15.3 Å². The van der Waals surface area contributed by atoms with Crippen LogP contribution in [0.3, 0.4) is 0 Å². The first kappa shape index (κ1) is 12.4. The number of hydrogen-bond donors (Lipinski definition) is 1. The summed E-state index contributed by atoms with van der Waals surface area (Å²) < 4.78 is 0. The second-order valence-corrected chi connectivity index (χ2v) is 5.86. The molecule has 2 aliphatic rings. The molecule has 1 aliphatic carbocycles. The third-order valence-corrected chi connectivity index (χ3v) is 4.58. The Balaban J connectivity index is 1.81. The van der Waals surface area contributed by atoms with E-state index in [0.29, 0.717) is 0 Å². The molecule has 0 radical (unpaired) electrons. The minimum absolute atomic E-state index is 0.729. The summed E-state index contributed by atoms with van der Waals surface area (Å²) in [5.41, 5.74) is 0. The van der Waals surface area contributed by atoms with Crippen molar-refractivity contribution >= 4 is 0 Å². The molecule has 1 saturated heterocycles. The van der Waals surface area contributed by atoms with E-state index in [1.165, 1.54) is 58.3 Å². The lowest BCUT2D eigenvalue weighted by atomic mass is 9.85. The van der Waals surface area contributed by atoms with E-state index in [2.05, 4.69) is 24.1 Å². The lowest BCUT2D eigenvalue weighted by molar-refractivity contribution is 0.165. The smallest absolute Gasteiger partial charge is 0.0220 e. The second kappa shape index (κ2) is 6.02. The predicted molar refractivity (Wildman–Crippen MR) is 69.6 cm³/mol. The van der Waals surface area contributed by atoms with Gasteiger partial charge in [-0.1, -0.05) is 26.7 Å². The molecule has 2 atom stereocenters. The van der Waals surface area contributed by atoms with Crippen LogP contribution in [0.4, 0.5) is 0 Å². The Morgan fingerprint density at radius 3 is 2.75 bits per heavy atom. The fourth-order valence-corrected chi connectivity index (χ4v) is 2.90. The summed E-state index contributed by atoms with van der Waals surface area (Å²) in [5.74, 6) is 1.85. The van der Waals surface area contributed by atoms with Crippen LogP contribution < -0.4 is 5.32 Å². The normalized spacial score (nSPS) is 30.8. The monoisotopic (exact) mass is 224 g/mol. The Morgan fingerprint density at radius 2 is 2.12 bits per heavy atom. The summed E-state index contributed by atoms with van der Waals surface area (Å²) in [7, 11) is 0. The van der Waals surface area contributed by atoms with Gasteiger partial charge in [0.2, 0.25) is 0 Å². The first-order valence-electron chi connectivity index (χ1n) is 7.25. The van der Waals surface area contributed by atoms with Gasteiger partial charge in [-0.25, -0.2) is 0 Å². The standard InChI is InChI=1S/C14H28N2/c1-3-12(2)14-11-16(9-5-8-15-14)10-13-6-4-7-13/h12-15H,3-11H2,1-2H3. The van der Waals surface area contributed by atoms with E-state index in [0.717, 1.165) is 17.9 Å². The Labute approximate surface area is 101 Å². The van der Waals surface area contributed by atoms with Crippen molar-refractivity contribution in [2.45, 2.75) is 52.0 Å². The van der Waals surface area contributed by atoms with Crippen LogP contribution in [-0.2, 0) is 0 Å². The molecule has 0 spiro atoms. The molecule has 1 aliphatic heterocycles. The highest BCUT2D eigenvalue weighted by atomic mass is 15.2. The highest BCUT2D eigenvalue weighted by Gasteiger charge is 2.25. The van der Waals surface area contributed by atoms with Crippen molar-refractivity contribution in [1.29, 1.82) is 0 Å². The SMILES string of the molecule is CCC(C)C1CN(CC2CCC2)CCCN1. The highest BCUT2D eigenvalue weighted by molar-refractivity contribution is 4.82. The summed E-state index contributed by atoms with van der Waals surface area (Å²) >= 11 is 0. The second-order valence-electron chi connectivity index (χ2n) is 5.86. The molecule has 0 amide bonds. The summed E-state index contributed by atoms with van der Waals surface area (Å²) in [6.07, 6.45) is 7.08. The van der Waals surface area contributed by atoms with Gasteiger partial charge < -0.3 is 10.2 Å². The minimum atomic E-state index is 0.729. The number of rotatable bonds is 4. The van der Waals surface area contributed by atoms with E-state index in [4.69, 9.17) is 0 Å². The molecule has 16 heavy (non-hydrogen) atoms. The molecule has 0 aromatic rings. The van der Waals surface area contributed by atoms with E-state index in [1.54, 1.807) is 0 Å². The Bertz CT molecular complexity index is 201. The van der Waals surface area contributed by atoms with Gasteiger partial charge in [-0.2, -0.15) is 0 Å². The Kier molecular flexibility index (Phi) is 4.66. The molecule has 0 aromatic carbocycles. The van der Waals surface area contributed by atoms with E-state index in [9.17, 15) is 0 Å². The lowest BCUT2D eigenvalue weighted by Gasteiger charge is -2.34. The van der Waals surface area contributed by atoms with Crippen LogP contribution in [0.25, 0.3) is 0 Å². The zero-order valence-electron chi connectivity index (χ0n) is 11.0. The van der Waals surface area contributed by atoms with Crippen LogP contribution in [0.1, 0.15) is 46.0 Å². The van der Waals surface area contributed by atoms with E-state index >= 15 is 0 Å². The quantitative estimate of drug-likeness (QED) is 0.789. The molecular formula is C14H28N2. The third-order valence-electron chi connectivity index (χ3n) is 4.58. The van der Waals surface area contributed by atoms with Gasteiger partial charge in [-0.3, -0.25) is 0 Å². The highest BCUT2D eigenvalue weighted by Crippen LogP contribution is 2.27. The van der Waals surface area contributed by atoms with E-state index in [1.807, 2.05) is 0 Å². The van der Waals surface area contributed by atoms with Crippen LogP contribution in [0, 0.1) is 11.8 Å². The zero-order valence-corrected chi connectivity index (χ0v) is 11.0. The van der Waals surface area contributed by atoms with Gasteiger partial charge in [-0.15, -0.1) is 0 Å². The van der Waals surface area contributed by atoms with Gasteiger partial charge in [0, 0.05) is 19.1 Å². The molecule has 1 N–H and O–H groups in total. The molecule has 2 fully saturated rings. The molecule has 0 aromatic heterocycles. The fraction of sp³-hybridized carbons (Fsp3) is 1.00. The number of nitrogens with zero attached hydrogens (tertiary/aromatic N) is 1. The van der Waals surface area contributed by atoms with Crippen molar-refractivity contribution in [1.82, 2.24) is 10.2 Å². The molecular weight excluding hydrogens is 196 g/mol. The maximum Gasteiger partial charge on any atom is 0.0220 e. The van der Waals surface area contributed by atoms with Crippen LogP contribution in [0.5, 0.6) is 0 Å². The maximum absolute atomic E-state index is 3.73. The van der Waals surface area contributed by atoms with Crippen molar-refractivity contribution in [3.05, 3.63) is 0 Å². The molecule has 0 bridgehead atoms. The molecule has 2 rings (SSSR count). The van der Waals surface area contributed by atoms with Gasteiger partial charge in [0.1, 0.15) is 0 Å². The number of hydrogen-bond acceptors (Lipinski definition) is 2. The number of nitrogens with one attached hydrogen (secondary N) is 1. The molecule has 1 saturated carbocycles. The average Bonchev–Trinajstić information content (AvgIpc) is 2.48. The first-order valence-corrected chi connectivity index (χ1v) is 7.25. The molecule has 2 nitrogen and oxygen atoms in total. The summed E-state index contributed by atoms with van der Waals surface area (Å²) in [4.78, 5) is 2.72. The van der Waals surface area contributed by atoms with Crippen molar-refractivity contribution < 1.29 is 0 Å². The van der Waals surface area contributed by atoms with Crippen LogP contribution in [-0.4, -0.2) is 37.1 Å². The third kappa shape index (κ3) is 3.21. The maximum atomic E-state index is 3.73. The largest absolute Gasteiger partial charge is 0.312 e. The predicted octanol–water partition coefficient (Wildman–Crippen LogP) is 2.50. The van der Waals surface area contributed by atoms with E-state index in [-0.39, 0.29) is 0 Å². The van der Waals surface area contributed by atoms with Gasteiger partial charge in [-0.05, 0) is 44.2 Å². The van der Waals surface area contributed by atoms with Crippen molar-refractivity contribution in [3.63, 3.8) is 0 Å². The van der Waals surface area contributed by atoms with Crippen molar-refractivity contribution in [2.75, 3.05) is 26.2 Å². The summed E-state index contributed by atoms with van der Waals surface area (Å²) in [6, 6.07) is 0.729. The van der Waals surface area contributed by atoms with Gasteiger partial charge in [0.25, 0.3) is 0 Å². The average molecular weight is 224 g/mol. The van der Waals surface area contributed by atoms with Gasteiger partial charge in [0.05, 0.1) is 0 Å². The van der Waals surface area contributed by atoms with E-state index < -0.39 is 0 Å². The van der Waals surface area contributed by atoms with Crippen LogP contribution in [0.15, 0.2) is 0 Å². The summed E-state index contributed by atoms with van der Waals surface area (Å²) in [5, 5.41) is 3.73. The van der Waals surface area contributed by atoms with Crippen LogP contribution >= 0.6 is 0 Å². The Morgan fingerprint density at radius 1 is 1.31 bits per heavy atom. The zero-order chi connectivity index (χ0) is 11.4. The van der Waals surface area contributed by atoms with Crippen LogP contribution in [0.2, 0.25) is 0 Å². The Hall–Kier alpha value is -0.0800. The fourth-order valence-electron chi connectivity index (χ4n) is 2.90. The summed E-state index contributed by atoms with van der Waals surface area (Å²) in [6.45, 7) is 9.89. The van der Waals surface area contributed by atoms with Gasteiger partial charge in [0.15, 0.2) is 0 Å². The van der Waals surface area contributed by atoms with Crippen molar-refractivity contribution in [2.24, 2.45) is 11.8 Å². The first-order chi connectivity index (χ1) is 7.79.